The van der Waals surface area contributed by atoms with Crippen molar-refractivity contribution >= 4 is 5.97 Å². The van der Waals surface area contributed by atoms with Crippen LogP contribution in [0.3, 0.4) is 0 Å². The average molecular weight is 273 g/mol. The van der Waals surface area contributed by atoms with E-state index in [0.29, 0.717) is 11.5 Å². The molecule has 3 nitrogen and oxygen atoms in total. The van der Waals surface area contributed by atoms with E-state index in [2.05, 4.69) is 24.8 Å². The molecule has 2 rings (SSSR count). The zero-order chi connectivity index (χ0) is 14.5. The first kappa shape index (κ1) is 14.8. The molecule has 1 aromatic rings. The summed E-state index contributed by atoms with van der Waals surface area (Å²) in [5.74, 6) is -0.201. The third-order valence-electron chi connectivity index (χ3n) is 3.83. The van der Waals surface area contributed by atoms with Crippen LogP contribution in [0.5, 0.6) is 0 Å². The Balaban J connectivity index is 1.90. The third kappa shape index (κ3) is 4.20. The SMILES string of the molecule is CC(C)=CCN1CCC(Cc2cccc(C(=O)O)c2)C1. The fourth-order valence-corrected chi connectivity index (χ4v) is 2.72. The van der Waals surface area contributed by atoms with Gasteiger partial charge < -0.3 is 5.11 Å². The van der Waals surface area contributed by atoms with Gasteiger partial charge in [-0.2, -0.15) is 0 Å². The molecule has 0 saturated carbocycles. The summed E-state index contributed by atoms with van der Waals surface area (Å²) in [7, 11) is 0. The Labute approximate surface area is 120 Å². The molecule has 0 spiro atoms. The van der Waals surface area contributed by atoms with Crippen molar-refractivity contribution in [1.29, 1.82) is 0 Å². The van der Waals surface area contributed by atoms with Crippen molar-refractivity contribution in [2.75, 3.05) is 19.6 Å². The van der Waals surface area contributed by atoms with E-state index in [-0.39, 0.29) is 0 Å². The molecule has 108 valence electrons. The number of nitrogens with zero attached hydrogens (tertiary/aromatic N) is 1. The summed E-state index contributed by atoms with van der Waals surface area (Å²) in [6.07, 6.45) is 4.45. The fourth-order valence-electron chi connectivity index (χ4n) is 2.72. The lowest BCUT2D eigenvalue weighted by atomic mass is 9.97. The van der Waals surface area contributed by atoms with Crippen LogP contribution in [0.15, 0.2) is 35.9 Å². The lowest BCUT2D eigenvalue weighted by Crippen LogP contribution is -2.21. The molecule has 1 aliphatic heterocycles. The van der Waals surface area contributed by atoms with Gasteiger partial charge in [-0.05, 0) is 56.8 Å². The van der Waals surface area contributed by atoms with E-state index in [9.17, 15) is 4.79 Å². The highest BCUT2D eigenvalue weighted by Crippen LogP contribution is 2.21. The quantitative estimate of drug-likeness (QED) is 0.837. The van der Waals surface area contributed by atoms with Gasteiger partial charge in [0.1, 0.15) is 0 Å². The van der Waals surface area contributed by atoms with Crippen LogP contribution in [0.1, 0.15) is 36.2 Å². The molecule has 0 bridgehead atoms. The van der Waals surface area contributed by atoms with Gasteiger partial charge in [0, 0.05) is 13.1 Å². The molecule has 1 unspecified atom stereocenters. The molecule has 1 atom stereocenters. The molecule has 0 aliphatic carbocycles. The van der Waals surface area contributed by atoms with Crippen molar-refractivity contribution < 1.29 is 9.90 Å². The smallest absolute Gasteiger partial charge is 0.335 e. The van der Waals surface area contributed by atoms with Crippen LogP contribution in [0.2, 0.25) is 0 Å². The van der Waals surface area contributed by atoms with Crippen molar-refractivity contribution in [2.24, 2.45) is 5.92 Å². The Kier molecular flexibility index (Phi) is 4.96. The van der Waals surface area contributed by atoms with E-state index < -0.39 is 5.97 Å². The number of benzene rings is 1. The number of rotatable bonds is 5. The number of allylic oxidation sites excluding steroid dienone is 1. The van der Waals surface area contributed by atoms with Gasteiger partial charge in [0.05, 0.1) is 5.56 Å². The van der Waals surface area contributed by atoms with Crippen LogP contribution in [0.4, 0.5) is 0 Å². The Morgan fingerprint density at radius 2 is 2.25 bits per heavy atom. The zero-order valence-electron chi connectivity index (χ0n) is 12.3. The van der Waals surface area contributed by atoms with Crippen molar-refractivity contribution in [3.8, 4) is 0 Å². The lowest BCUT2D eigenvalue weighted by Gasteiger charge is -2.14. The molecular weight excluding hydrogens is 250 g/mol. The second-order valence-corrected chi connectivity index (χ2v) is 5.91. The van der Waals surface area contributed by atoms with Crippen molar-refractivity contribution in [3.63, 3.8) is 0 Å². The third-order valence-corrected chi connectivity index (χ3v) is 3.83. The lowest BCUT2D eigenvalue weighted by molar-refractivity contribution is 0.0696. The number of carbonyl (C=O) groups is 1. The molecule has 1 fully saturated rings. The first-order valence-corrected chi connectivity index (χ1v) is 7.22. The Morgan fingerprint density at radius 1 is 1.45 bits per heavy atom. The van der Waals surface area contributed by atoms with E-state index >= 15 is 0 Å². The monoisotopic (exact) mass is 273 g/mol. The molecule has 20 heavy (non-hydrogen) atoms. The van der Waals surface area contributed by atoms with Gasteiger partial charge in [0.15, 0.2) is 0 Å². The fraction of sp³-hybridized carbons (Fsp3) is 0.471. The van der Waals surface area contributed by atoms with E-state index in [4.69, 9.17) is 5.11 Å². The molecular formula is C17H23NO2. The minimum atomic E-state index is -0.844. The van der Waals surface area contributed by atoms with Gasteiger partial charge in [-0.15, -0.1) is 0 Å². The largest absolute Gasteiger partial charge is 0.478 e. The van der Waals surface area contributed by atoms with Gasteiger partial charge in [0.2, 0.25) is 0 Å². The standard InChI is InChI=1S/C17H23NO2/c1-13(2)6-8-18-9-7-15(12-18)10-14-4-3-5-16(11-14)17(19)20/h3-6,11,15H,7-10,12H2,1-2H3,(H,19,20). The summed E-state index contributed by atoms with van der Waals surface area (Å²) in [6, 6.07) is 7.34. The van der Waals surface area contributed by atoms with E-state index in [1.54, 1.807) is 12.1 Å². The Hall–Kier alpha value is -1.61. The highest BCUT2D eigenvalue weighted by Gasteiger charge is 2.21. The highest BCUT2D eigenvalue weighted by molar-refractivity contribution is 5.87. The maximum atomic E-state index is 11.0. The summed E-state index contributed by atoms with van der Waals surface area (Å²) in [5.41, 5.74) is 2.89. The maximum Gasteiger partial charge on any atom is 0.335 e. The molecule has 0 radical (unpaired) electrons. The normalized spacial score (nSPS) is 19.0. The molecule has 1 saturated heterocycles. The predicted molar refractivity (Wildman–Crippen MR) is 81.1 cm³/mol. The highest BCUT2D eigenvalue weighted by atomic mass is 16.4. The van der Waals surface area contributed by atoms with Crippen LogP contribution >= 0.6 is 0 Å². The van der Waals surface area contributed by atoms with Crippen LogP contribution in [0.25, 0.3) is 0 Å². The Morgan fingerprint density at radius 3 is 2.95 bits per heavy atom. The summed E-state index contributed by atoms with van der Waals surface area (Å²) in [4.78, 5) is 13.4. The van der Waals surface area contributed by atoms with E-state index in [0.717, 1.165) is 31.6 Å². The number of hydrogen-bond donors (Lipinski definition) is 1. The summed E-state index contributed by atoms with van der Waals surface area (Å²) < 4.78 is 0. The number of likely N-dealkylation sites (tertiary alicyclic amines) is 1. The molecule has 1 aliphatic rings. The summed E-state index contributed by atoms with van der Waals surface area (Å²) in [6.45, 7) is 7.55. The topological polar surface area (TPSA) is 40.5 Å². The molecule has 3 heteroatoms. The van der Waals surface area contributed by atoms with Gasteiger partial charge >= 0.3 is 5.97 Å². The second-order valence-electron chi connectivity index (χ2n) is 5.91. The summed E-state index contributed by atoms with van der Waals surface area (Å²) in [5, 5.41) is 9.02. The molecule has 1 heterocycles. The van der Waals surface area contributed by atoms with Crippen LogP contribution in [-0.4, -0.2) is 35.6 Å². The molecule has 1 N–H and O–H groups in total. The van der Waals surface area contributed by atoms with Crippen LogP contribution in [-0.2, 0) is 6.42 Å². The maximum absolute atomic E-state index is 11.0. The van der Waals surface area contributed by atoms with Gasteiger partial charge in [-0.1, -0.05) is 23.8 Å². The average Bonchev–Trinajstić information content (AvgIpc) is 2.84. The van der Waals surface area contributed by atoms with E-state index in [1.807, 2.05) is 12.1 Å². The first-order chi connectivity index (χ1) is 9.54. The molecule has 0 aromatic heterocycles. The van der Waals surface area contributed by atoms with Crippen molar-refractivity contribution in [2.45, 2.75) is 26.7 Å². The minimum Gasteiger partial charge on any atom is -0.478 e. The van der Waals surface area contributed by atoms with Crippen molar-refractivity contribution in [3.05, 3.63) is 47.0 Å². The number of carboxylic acid groups (broad SMARTS) is 1. The van der Waals surface area contributed by atoms with Gasteiger partial charge in [-0.25, -0.2) is 4.79 Å². The number of hydrogen-bond acceptors (Lipinski definition) is 2. The first-order valence-electron chi connectivity index (χ1n) is 7.22. The Bertz CT molecular complexity index is 503. The second kappa shape index (κ2) is 6.71. The van der Waals surface area contributed by atoms with Crippen molar-refractivity contribution in [1.82, 2.24) is 4.90 Å². The van der Waals surface area contributed by atoms with E-state index in [1.165, 1.54) is 12.0 Å². The van der Waals surface area contributed by atoms with Gasteiger partial charge in [-0.3, -0.25) is 4.90 Å². The predicted octanol–water partition coefficient (Wildman–Crippen LogP) is 3.22. The van der Waals surface area contributed by atoms with Crippen LogP contribution in [0, 0.1) is 5.92 Å². The van der Waals surface area contributed by atoms with Gasteiger partial charge in [0.25, 0.3) is 0 Å². The zero-order valence-corrected chi connectivity index (χ0v) is 12.3. The van der Waals surface area contributed by atoms with Crippen LogP contribution < -0.4 is 0 Å². The molecule has 0 amide bonds. The minimum absolute atomic E-state index is 0.391. The summed E-state index contributed by atoms with van der Waals surface area (Å²) >= 11 is 0. The molecule has 1 aromatic carbocycles. The number of carboxylic acids is 1. The number of aromatic carboxylic acids is 1.